The van der Waals surface area contributed by atoms with Crippen LogP contribution in [0.1, 0.15) is 18.3 Å². The van der Waals surface area contributed by atoms with Crippen molar-refractivity contribution >= 4 is 23.4 Å². The second kappa shape index (κ2) is 7.48. The minimum absolute atomic E-state index is 0.399. The number of halogens is 1. The lowest BCUT2D eigenvalue weighted by molar-refractivity contribution is 0.128. The van der Waals surface area contributed by atoms with Gasteiger partial charge in [-0.15, -0.1) is 11.8 Å². The van der Waals surface area contributed by atoms with Gasteiger partial charge in [-0.25, -0.2) is 9.97 Å². The quantitative estimate of drug-likeness (QED) is 0.597. The molecular weight excluding hydrogens is 280 g/mol. The average Bonchev–Trinajstić information content (AvgIpc) is 2.43. The van der Waals surface area contributed by atoms with E-state index in [0.717, 1.165) is 10.8 Å². The van der Waals surface area contributed by atoms with Crippen LogP contribution in [0.15, 0.2) is 41.4 Å². The van der Waals surface area contributed by atoms with Crippen LogP contribution < -0.4 is 0 Å². The summed E-state index contributed by atoms with van der Waals surface area (Å²) in [7, 11) is 0. The lowest BCUT2D eigenvalue weighted by Crippen LogP contribution is -2.00. The zero-order valence-corrected chi connectivity index (χ0v) is 12.2. The molecule has 0 aliphatic heterocycles. The monoisotopic (exact) mass is 294 g/mol. The van der Waals surface area contributed by atoms with Gasteiger partial charge in [-0.2, -0.15) is 0 Å². The number of rotatable bonds is 6. The number of thioether (sulfide) groups is 1. The number of hydrogen-bond acceptors (Lipinski definition) is 4. The molecule has 0 aliphatic carbocycles. The molecule has 0 atom stereocenters. The summed E-state index contributed by atoms with van der Waals surface area (Å²) in [4.78, 5) is 8.57. The molecule has 0 unspecified atom stereocenters. The number of benzene rings is 1. The van der Waals surface area contributed by atoms with E-state index < -0.39 is 0 Å². The molecule has 2 aromatic rings. The summed E-state index contributed by atoms with van der Waals surface area (Å²) in [6.07, 6.45) is 0. The van der Waals surface area contributed by atoms with Gasteiger partial charge in [-0.3, -0.25) is 0 Å². The standard InChI is InChI=1S/C14H15ClN2OS/c1-2-18-9-13-16-12(15)8-14(17-13)19-10-11-6-4-3-5-7-11/h3-8H,2,9-10H2,1H3. The minimum atomic E-state index is 0.399. The molecule has 0 radical (unpaired) electrons. The summed E-state index contributed by atoms with van der Waals surface area (Å²) < 4.78 is 5.30. The van der Waals surface area contributed by atoms with Gasteiger partial charge in [-0.05, 0) is 12.5 Å². The van der Waals surface area contributed by atoms with Crippen molar-refractivity contribution in [2.75, 3.05) is 6.61 Å². The van der Waals surface area contributed by atoms with Gasteiger partial charge in [0.25, 0.3) is 0 Å². The molecule has 0 amide bonds. The van der Waals surface area contributed by atoms with Gasteiger partial charge in [0.2, 0.25) is 0 Å². The molecule has 1 aromatic heterocycles. The largest absolute Gasteiger partial charge is 0.374 e. The molecule has 19 heavy (non-hydrogen) atoms. The topological polar surface area (TPSA) is 35.0 Å². The van der Waals surface area contributed by atoms with Crippen LogP contribution in [0.25, 0.3) is 0 Å². The Morgan fingerprint density at radius 1 is 1.21 bits per heavy atom. The normalized spacial score (nSPS) is 10.6. The SMILES string of the molecule is CCOCc1nc(Cl)cc(SCc2ccccc2)n1. The molecule has 2 rings (SSSR count). The Labute approximate surface area is 122 Å². The molecule has 0 N–H and O–H groups in total. The van der Waals surface area contributed by atoms with Gasteiger partial charge < -0.3 is 4.74 Å². The van der Waals surface area contributed by atoms with Crippen molar-refractivity contribution in [3.63, 3.8) is 0 Å². The maximum Gasteiger partial charge on any atom is 0.156 e. The van der Waals surface area contributed by atoms with E-state index in [9.17, 15) is 0 Å². The molecule has 1 aromatic carbocycles. The molecule has 3 nitrogen and oxygen atoms in total. The minimum Gasteiger partial charge on any atom is -0.374 e. The third-order valence-electron chi connectivity index (χ3n) is 2.38. The van der Waals surface area contributed by atoms with Gasteiger partial charge in [0, 0.05) is 18.4 Å². The maximum absolute atomic E-state index is 5.99. The van der Waals surface area contributed by atoms with Crippen molar-refractivity contribution < 1.29 is 4.74 Å². The predicted octanol–water partition coefficient (Wildman–Crippen LogP) is 3.96. The van der Waals surface area contributed by atoms with Gasteiger partial charge in [0.05, 0.1) is 0 Å². The maximum atomic E-state index is 5.99. The van der Waals surface area contributed by atoms with Crippen LogP contribution >= 0.6 is 23.4 Å². The van der Waals surface area contributed by atoms with E-state index in [-0.39, 0.29) is 0 Å². The van der Waals surface area contributed by atoms with Crippen molar-refractivity contribution in [1.82, 2.24) is 9.97 Å². The van der Waals surface area contributed by atoms with Crippen LogP contribution in [0.4, 0.5) is 0 Å². The lowest BCUT2D eigenvalue weighted by Gasteiger charge is -2.05. The zero-order chi connectivity index (χ0) is 13.5. The zero-order valence-electron chi connectivity index (χ0n) is 10.7. The van der Waals surface area contributed by atoms with Gasteiger partial charge >= 0.3 is 0 Å². The molecule has 0 saturated heterocycles. The lowest BCUT2D eigenvalue weighted by atomic mass is 10.2. The van der Waals surface area contributed by atoms with E-state index in [1.807, 2.05) is 25.1 Å². The number of hydrogen-bond donors (Lipinski definition) is 0. The summed E-state index contributed by atoms with van der Waals surface area (Å²) in [5.74, 6) is 1.49. The third-order valence-corrected chi connectivity index (χ3v) is 3.56. The van der Waals surface area contributed by atoms with E-state index >= 15 is 0 Å². The Balaban J connectivity index is 2.01. The van der Waals surface area contributed by atoms with Gasteiger partial charge in [0.1, 0.15) is 16.8 Å². The number of ether oxygens (including phenoxy) is 1. The van der Waals surface area contributed by atoms with Crippen LogP contribution in [0.2, 0.25) is 5.15 Å². The van der Waals surface area contributed by atoms with Crippen LogP contribution in [-0.4, -0.2) is 16.6 Å². The molecule has 1 heterocycles. The first-order valence-electron chi connectivity index (χ1n) is 6.06. The molecule has 5 heteroatoms. The van der Waals surface area contributed by atoms with E-state index in [1.165, 1.54) is 5.56 Å². The number of nitrogens with zero attached hydrogens (tertiary/aromatic N) is 2. The van der Waals surface area contributed by atoms with E-state index in [2.05, 4.69) is 22.1 Å². The smallest absolute Gasteiger partial charge is 0.156 e. The van der Waals surface area contributed by atoms with Crippen LogP contribution in [-0.2, 0) is 17.1 Å². The van der Waals surface area contributed by atoms with Gasteiger partial charge in [0.15, 0.2) is 5.82 Å². The second-order valence-corrected chi connectivity index (χ2v) is 5.24. The molecule has 100 valence electrons. The third kappa shape index (κ3) is 4.82. The molecule has 0 bridgehead atoms. The second-order valence-electron chi connectivity index (χ2n) is 3.86. The fourth-order valence-corrected chi connectivity index (χ4v) is 2.64. The highest BCUT2D eigenvalue weighted by Crippen LogP contribution is 2.23. The highest BCUT2D eigenvalue weighted by atomic mass is 35.5. The molecule has 0 spiro atoms. The van der Waals surface area contributed by atoms with Crippen LogP contribution in [0.3, 0.4) is 0 Å². The van der Waals surface area contributed by atoms with Crippen molar-refractivity contribution in [3.05, 3.63) is 52.9 Å². The Morgan fingerprint density at radius 3 is 2.74 bits per heavy atom. The summed E-state index contributed by atoms with van der Waals surface area (Å²) in [5.41, 5.74) is 1.26. The summed E-state index contributed by atoms with van der Waals surface area (Å²) in [6, 6.07) is 12.0. The van der Waals surface area contributed by atoms with Crippen molar-refractivity contribution in [2.24, 2.45) is 0 Å². The summed E-state index contributed by atoms with van der Waals surface area (Å²) in [6.45, 7) is 2.98. The van der Waals surface area contributed by atoms with Crippen molar-refractivity contribution in [2.45, 2.75) is 24.3 Å². The highest BCUT2D eigenvalue weighted by Gasteiger charge is 2.04. The fraction of sp³-hybridized carbons (Fsp3) is 0.286. The first kappa shape index (κ1) is 14.3. The Kier molecular flexibility index (Phi) is 5.63. The molecule has 0 aliphatic rings. The van der Waals surface area contributed by atoms with Crippen LogP contribution in [0, 0.1) is 0 Å². The van der Waals surface area contributed by atoms with Gasteiger partial charge in [-0.1, -0.05) is 41.9 Å². The van der Waals surface area contributed by atoms with Crippen molar-refractivity contribution in [1.29, 1.82) is 0 Å². The summed E-state index contributed by atoms with van der Waals surface area (Å²) >= 11 is 7.63. The van der Waals surface area contributed by atoms with E-state index in [0.29, 0.717) is 24.2 Å². The predicted molar refractivity (Wildman–Crippen MR) is 78.4 cm³/mol. The molecule has 0 fully saturated rings. The molecular formula is C14H15ClN2OS. The Morgan fingerprint density at radius 2 is 2.00 bits per heavy atom. The van der Waals surface area contributed by atoms with E-state index in [4.69, 9.17) is 16.3 Å². The first-order valence-corrected chi connectivity index (χ1v) is 7.42. The average molecular weight is 295 g/mol. The fourth-order valence-electron chi connectivity index (χ4n) is 1.51. The van der Waals surface area contributed by atoms with E-state index in [1.54, 1.807) is 17.8 Å². The Hall–Kier alpha value is -1.10. The number of aromatic nitrogens is 2. The molecule has 0 saturated carbocycles. The first-order chi connectivity index (χ1) is 9.28. The summed E-state index contributed by atoms with van der Waals surface area (Å²) in [5, 5.41) is 1.33. The Bertz CT molecular complexity index is 522. The highest BCUT2D eigenvalue weighted by molar-refractivity contribution is 7.98. The van der Waals surface area contributed by atoms with Crippen LogP contribution in [0.5, 0.6) is 0 Å². The van der Waals surface area contributed by atoms with Crippen molar-refractivity contribution in [3.8, 4) is 0 Å².